The number of hydrogen-bond acceptors (Lipinski definition) is 1. The standard InChI is InChI=1S/C20H31N/c1-6-21-17(18-19(2,3)20(18,4)5)16-12-8-11-15(13-16)14-9-7-10-14/h8,11-14,17-18,21H,6-7,9-10H2,1-5H3. The van der Waals surface area contributed by atoms with E-state index in [0.29, 0.717) is 16.9 Å². The maximum atomic E-state index is 3.77. The number of rotatable bonds is 5. The van der Waals surface area contributed by atoms with Gasteiger partial charge in [-0.2, -0.15) is 0 Å². The Morgan fingerprint density at radius 2 is 1.81 bits per heavy atom. The van der Waals surface area contributed by atoms with Crippen molar-refractivity contribution in [3.63, 3.8) is 0 Å². The van der Waals surface area contributed by atoms with E-state index in [9.17, 15) is 0 Å². The van der Waals surface area contributed by atoms with Crippen LogP contribution in [0.15, 0.2) is 24.3 Å². The quantitative estimate of drug-likeness (QED) is 0.775. The summed E-state index contributed by atoms with van der Waals surface area (Å²) in [6.07, 6.45) is 4.18. The van der Waals surface area contributed by atoms with Crippen molar-refractivity contribution in [1.29, 1.82) is 0 Å². The van der Waals surface area contributed by atoms with Gasteiger partial charge in [0, 0.05) is 6.04 Å². The smallest absolute Gasteiger partial charge is 0.0359 e. The molecule has 1 heteroatoms. The molecule has 0 aliphatic heterocycles. The van der Waals surface area contributed by atoms with Crippen LogP contribution < -0.4 is 5.32 Å². The van der Waals surface area contributed by atoms with E-state index in [1.54, 1.807) is 5.56 Å². The molecule has 0 aromatic heterocycles. The normalized spacial score (nSPS) is 25.4. The third-order valence-corrected chi connectivity index (χ3v) is 6.74. The number of benzene rings is 1. The number of hydrogen-bond donors (Lipinski definition) is 1. The minimum absolute atomic E-state index is 0.423. The van der Waals surface area contributed by atoms with Crippen LogP contribution in [0.3, 0.4) is 0 Å². The Morgan fingerprint density at radius 3 is 2.29 bits per heavy atom. The zero-order chi connectivity index (χ0) is 15.3. The summed E-state index contributed by atoms with van der Waals surface area (Å²) >= 11 is 0. The van der Waals surface area contributed by atoms with E-state index in [1.165, 1.54) is 24.8 Å². The summed E-state index contributed by atoms with van der Waals surface area (Å²) in [5.41, 5.74) is 3.92. The van der Waals surface area contributed by atoms with Crippen LogP contribution in [0.4, 0.5) is 0 Å². The molecule has 3 rings (SSSR count). The fraction of sp³-hybridized carbons (Fsp3) is 0.700. The summed E-state index contributed by atoms with van der Waals surface area (Å²) < 4.78 is 0. The van der Waals surface area contributed by atoms with Crippen molar-refractivity contribution >= 4 is 0 Å². The third-order valence-electron chi connectivity index (χ3n) is 6.74. The summed E-state index contributed by atoms with van der Waals surface area (Å²) in [7, 11) is 0. The Labute approximate surface area is 130 Å². The molecule has 2 aliphatic carbocycles. The summed E-state index contributed by atoms with van der Waals surface area (Å²) in [6, 6.07) is 9.93. The highest BCUT2D eigenvalue weighted by Crippen LogP contribution is 2.72. The van der Waals surface area contributed by atoms with Gasteiger partial charge >= 0.3 is 0 Å². The molecule has 1 N–H and O–H groups in total. The Balaban J connectivity index is 1.88. The summed E-state index contributed by atoms with van der Waals surface area (Å²) in [6.45, 7) is 13.0. The lowest BCUT2D eigenvalue weighted by Crippen LogP contribution is -2.25. The first-order chi connectivity index (χ1) is 9.89. The largest absolute Gasteiger partial charge is 0.310 e. The topological polar surface area (TPSA) is 12.0 Å². The second-order valence-corrected chi connectivity index (χ2v) is 8.25. The Hall–Kier alpha value is -0.820. The van der Waals surface area contributed by atoms with Crippen LogP contribution >= 0.6 is 0 Å². The molecular weight excluding hydrogens is 254 g/mol. The molecule has 2 fully saturated rings. The first-order valence-electron chi connectivity index (χ1n) is 8.73. The maximum Gasteiger partial charge on any atom is 0.0359 e. The van der Waals surface area contributed by atoms with Gasteiger partial charge in [0.1, 0.15) is 0 Å². The van der Waals surface area contributed by atoms with Gasteiger partial charge in [-0.15, -0.1) is 0 Å². The van der Waals surface area contributed by atoms with Crippen molar-refractivity contribution in [1.82, 2.24) is 5.32 Å². The van der Waals surface area contributed by atoms with Crippen LogP contribution in [0.1, 0.15) is 77.0 Å². The van der Waals surface area contributed by atoms with E-state index in [-0.39, 0.29) is 0 Å². The molecule has 2 aliphatic rings. The first kappa shape index (κ1) is 15.1. The average Bonchev–Trinajstić information content (AvgIpc) is 2.76. The van der Waals surface area contributed by atoms with E-state index in [4.69, 9.17) is 0 Å². The third kappa shape index (κ3) is 2.34. The van der Waals surface area contributed by atoms with Crippen molar-refractivity contribution in [3.8, 4) is 0 Å². The predicted octanol–water partition coefficient (Wildman–Crippen LogP) is 5.29. The lowest BCUT2D eigenvalue weighted by Gasteiger charge is -2.28. The van der Waals surface area contributed by atoms with Gasteiger partial charge in [-0.1, -0.05) is 65.3 Å². The summed E-state index contributed by atoms with van der Waals surface area (Å²) in [4.78, 5) is 0. The second-order valence-electron chi connectivity index (χ2n) is 8.25. The van der Waals surface area contributed by atoms with Gasteiger partial charge < -0.3 is 5.32 Å². The molecule has 1 atom stereocenters. The van der Waals surface area contributed by atoms with Crippen LogP contribution in [0.5, 0.6) is 0 Å². The Kier molecular flexibility index (Phi) is 3.68. The fourth-order valence-electron chi connectivity index (χ4n) is 4.48. The highest BCUT2D eigenvalue weighted by Gasteiger charge is 2.67. The van der Waals surface area contributed by atoms with E-state index in [1.807, 2.05) is 0 Å². The summed E-state index contributed by atoms with van der Waals surface area (Å²) in [5, 5.41) is 3.77. The molecule has 116 valence electrons. The number of nitrogens with one attached hydrogen (secondary N) is 1. The van der Waals surface area contributed by atoms with Crippen molar-refractivity contribution in [2.45, 2.75) is 65.8 Å². The van der Waals surface area contributed by atoms with Gasteiger partial charge in [0.2, 0.25) is 0 Å². The van der Waals surface area contributed by atoms with Gasteiger partial charge in [-0.3, -0.25) is 0 Å². The zero-order valence-corrected chi connectivity index (χ0v) is 14.4. The molecule has 1 unspecified atom stereocenters. The van der Waals surface area contributed by atoms with Crippen LogP contribution in [-0.2, 0) is 0 Å². The molecule has 2 saturated carbocycles. The molecule has 1 aromatic carbocycles. The van der Waals surface area contributed by atoms with Crippen molar-refractivity contribution in [2.24, 2.45) is 16.7 Å². The average molecular weight is 285 g/mol. The molecular formula is C20H31N. The molecule has 0 saturated heterocycles. The van der Waals surface area contributed by atoms with E-state index in [0.717, 1.165) is 18.4 Å². The minimum Gasteiger partial charge on any atom is -0.310 e. The lowest BCUT2D eigenvalue weighted by molar-refractivity contribution is 0.409. The maximum absolute atomic E-state index is 3.77. The molecule has 0 radical (unpaired) electrons. The van der Waals surface area contributed by atoms with Crippen LogP contribution in [0.25, 0.3) is 0 Å². The van der Waals surface area contributed by atoms with Crippen LogP contribution in [0.2, 0.25) is 0 Å². The molecule has 1 nitrogen and oxygen atoms in total. The lowest BCUT2D eigenvalue weighted by atomic mass is 9.79. The molecule has 1 aromatic rings. The highest BCUT2D eigenvalue weighted by atomic mass is 15.0. The van der Waals surface area contributed by atoms with Gasteiger partial charge in [0.05, 0.1) is 0 Å². The molecule has 0 spiro atoms. The van der Waals surface area contributed by atoms with Gasteiger partial charge in [-0.05, 0) is 53.2 Å². The van der Waals surface area contributed by atoms with Crippen molar-refractivity contribution in [2.75, 3.05) is 6.54 Å². The first-order valence-corrected chi connectivity index (χ1v) is 8.73. The molecule has 0 heterocycles. The van der Waals surface area contributed by atoms with E-state index in [2.05, 4.69) is 64.2 Å². The highest BCUT2D eigenvalue weighted by molar-refractivity contribution is 5.33. The van der Waals surface area contributed by atoms with Crippen LogP contribution in [0, 0.1) is 16.7 Å². The van der Waals surface area contributed by atoms with Crippen molar-refractivity contribution in [3.05, 3.63) is 35.4 Å². The molecule has 0 amide bonds. The zero-order valence-electron chi connectivity index (χ0n) is 14.4. The predicted molar refractivity (Wildman–Crippen MR) is 90.5 cm³/mol. The summed E-state index contributed by atoms with van der Waals surface area (Å²) in [5.74, 6) is 1.55. The fourth-order valence-corrected chi connectivity index (χ4v) is 4.48. The Bertz CT molecular complexity index is 496. The Morgan fingerprint density at radius 1 is 1.14 bits per heavy atom. The van der Waals surface area contributed by atoms with Gasteiger partial charge in [-0.25, -0.2) is 0 Å². The van der Waals surface area contributed by atoms with Crippen molar-refractivity contribution < 1.29 is 0 Å². The van der Waals surface area contributed by atoms with Gasteiger partial charge in [0.15, 0.2) is 0 Å². The molecule has 21 heavy (non-hydrogen) atoms. The second kappa shape index (κ2) is 5.12. The molecule has 0 bridgehead atoms. The van der Waals surface area contributed by atoms with Gasteiger partial charge in [0.25, 0.3) is 0 Å². The monoisotopic (exact) mass is 285 g/mol. The van der Waals surface area contributed by atoms with Crippen LogP contribution in [-0.4, -0.2) is 6.54 Å². The van der Waals surface area contributed by atoms with E-state index < -0.39 is 0 Å². The van der Waals surface area contributed by atoms with E-state index >= 15 is 0 Å². The minimum atomic E-state index is 0.423. The SMILES string of the molecule is CCNC(c1cccc(C2CCC2)c1)C1C(C)(C)C1(C)C.